The van der Waals surface area contributed by atoms with Gasteiger partial charge in [-0.1, -0.05) is 6.92 Å². The normalized spacial score (nSPS) is 21.0. The molecule has 0 amide bonds. The maximum absolute atomic E-state index is 4.45. The van der Waals surface area contributed by atoms with Crippen LogP contribution in [0.3, 0.4) is 0 Å². The molecule has 3 heterocycles. The summed E-state index contributed by atoms with van der Waals surface area (Å²) in [6.45, 7) is 6.71. The molecule has 2 atom stereocenters. The van der Waals surface area contributed by atoms with E-state index in [2.05, 4.69) is 40.5 Å². The Balaban J connectivity index is 1.80. The summed E-state index contributed by atoms with van der Waals surface area (Å²) >= 11 is 1.77. The quantitative estimate of drug-likeness (QED) is 0.908. The summed E-state index contributed by atoms with van der Waals surface area (Å²) in [6.07, 6.45) is 5.29. The molecule has 3 rings (SSSR count). The second-order valence-electron chi connectivity index (χ2n) is 5.55. The summed E-state index contributed by atoms with van der Waals surface area (Å²) in [4.78, 5) is 11.3. The molecule has 5 heteroatoms. The van der Waals surface area contributed by atoms with E-state index in [0.717, 1.165) is 30.2 Å². The highest BCUT2D eigenvalue weighted by Crippen LogP contribution is 2.29. The Morgan fingerprint density at radius 3 is 3.15 bits per heavy atom. The van der Waals surface area contributed by atoms with Crippen LogP contribution in [-0.4, -0.2) is 29.1 Å². The van der Waals surface area contributed by atoms with E-state index in [1.54, 1.807) is 17.7 Å². The first-order chi connectivity index (χ1) is 9.78. The number of hydrogen-bond acceptors (Lipinski definition) is 5. The molecule has 0 spiro atoms. The van der Waals surface area contributed by atoms with Crippen molar-refractivity contribution >= 4 is 27.4 Å². The molecule has 0 radical (unpaired) electrons. The molecule has 0 aliphatic carbocycles. The second kappa shape index (κ2) is 6.06. The molecule has 4 nitrogen and oxygen atoms in total. The summed E-state index contributed by atoms with van der Waals surface area (Å²) in [5, 5.41) is 8.26. The predicted octanol–water partition coefficient (Wildman–Crippen LogP) is 3.05. The lowest BCUT2D eigenvalue weighted by Crippen LogP contribution is -2.38. The highest BCUT2D eigenvalue weighted by molar-refractivity contribution is 7.18. The van der Waals surface area contributed by atoms with E-state index in [9.17, 15) is 0 Å². The fraction of sp³-hybridized carbons (Fsp3) is 0.600. The van der Waals surface area contributed by atoms with E-state index >= 15 is 0 Å². The number of fused-ring (bicyclic) bond motifs is 1. The van der Waals surface area contributed by atoms with Crippen molar-refractivity contribution in [1.82, 2.24) is 15.3 Å². The van der Waals surface area contributed by atoms with E-state index < -0.39 is 0 Å². The van der Waals surface area contributed by atoms with Crippen molar-refractivity contribution in [3.63, 3.8) is 0 Å². The van der Waals surface area contributed by atoms with Gasteiger partial charge in [0.05, 0.1) is 5.39 Å². The third-order valence-corrected chi connectivity index (χ3v) is 5.32. The van der Waals surface area contributed by atoms with Crippen LogP contribution in [0.25, 0.3) is 10.2 Å². The zero-order valence-corrected chi connectivity index (χ0v) is 13.0. The van der Waals surface area contributed by atoms with Gasteiger partial charge in [-0.15, -0.1) is 11.3 Å². The van der Waals surface area contributed by atoms with Crippen LogP contribution in [0.5, 0.6) is 0 Å². The van der Waals surface area contributed by atoms with Crippen molar-refractivity contribution in [3.05, 3.63) is 17.3 Å². The molecule has 0 bridgehead atoms. The summed E-state index contributed by atoms with van der Waals surface area (Å²) in [5.74, 6) is 1.67. The number of anilines is 1. The van der Waals surface area contributed by atoms with Crippen LogP contribution >= 0.6 is 11.3 Å². The first kappa shape index (κ1) is 13.8. The Bertz CT molecular complexity index is 574. The van der Waals surface area contributed by atoms with Crippen LogP contribution in [0.15, 0.2) is 12.4 Å². The number of piperidine rings is 1. The molecule has 108 valence electrons. The monoisotopic (exact) mass is 290 g/mol. The molecule has 1 saturated heterocycles. The fourth-order valence-electron chi connectivity index (χ4n) is 2.83. The van der Waals surface area contributed by atoms with Crippen molar-refractivity contribution in [2.24, 2.45) is 5.92 Å². The molecule has 2 aromatic rings. The van der Waals surface area contributed by atoms with Gasteiger partial charge in [0.2, 0.25) is 0 Å². The van der Waals surface area contributed by atoms with Crippen LogP contribution in [-0.2, 0) is 6.42 Å². The molecular formula is C15H22N4S. The van der Waals surface area contributed by atoms with Gasteiger partial charge in [0.15, 0.2) is 0 Å². The largest absolute Gasteiger partial charge is 0.367 e. The van der Waals surface area contributed by atoms with Gasteiger partial charge in [0.1, 0.15) is 17.0 Å². The van der Waals surface area contributed by atoms with Crippen molar-refractivity contribution < 1.29 is 0 Å². The van der Waals surface area contributed by atoms with E-state index in [0.29, 0.717) is 12.0 Å². The molecule has 0 aromatic carbocycles. The highest BCUT2D eigenvalue weighted by Gasteiger charge is 2.21. The maximum atomic E-state index is 4.45. The van der Waals surface area contributed by atoms with Crippen molar-refractivity contribution in [3.8, 4) is 0 Å². The number of nitrogens with one attached hydrogen (secondary N) is 2. The van der Waals surface area contributed by atoms with Gasteiger partial charge in [0, 0.05) is 10.9 Å². The molecule has 1 aliphatic rings. The number of aromatic nitrogens is 2. The number of thiophene rings is 1. The Labute approximate surface area is 124 Å². The third kappa shape index (κ3) is 2.79. The summed E-state index contributed by atoms with van der Waals surface area (Å²) < 4.78 is 0. The van der Waals surface area contributed by atoms with Crippen LogP contribution < -0.4 is 10.6 Å². The van der Waals surface area contributed by atoms with Crippen LogP contribution in [0.4, 0.5) is 5.82 Å². The van der Waals surface area contributed by atoms with Crippen molar-refractivity contribution in [2.45, 2.75) is 39.2 Å². The van der Waals surface area contributed by atoms with Gasteiger partial charge in [-0.05, 0) is 51.3 Å². The van der Waals surface area contributed by atoms with Gasteiger partial charge in [-0.3, -0.25) is 0 Å². The fourth-order valence-corrected chi connectivity index (χ4v) is 3.77. The SMILES string of the molecule is CCc1cc2c(NC(C)C3CCCNC3)ncnc2s1. The minimum Gasteiger partial charge on any atom is -0.367 e. The number of hydrogen-bond donors (Lipinski definition) is 2. The number of aryl methyl sites for hydroxylation is 1. The molecule has 2 unspecified atom stereocenters. The van der Waals surface area contributed by atoms with E-state index in [1.807, 2.05) is 0 Å². The summed E-state index contributed by atoms with van der Waals surface area (Å²) in [5.41, 5.74) is 0. The third-order valence-electron chi connectivity index (χ3n) is 4.14. The van der Waals surface area contributed by atoms with Crippen LogP contribution in [0, 0.1) is 5.92 Å². The van der Waals surface area contributed by atoms with Gasteiger partial charge >= 0.3 is 0 Å². The topological polar surface area (TPSA) is 49.8 Å². The van der Waals surface area contributed by atoms with E-state index in [-0.39, 0.29) is 0 Å². The minimum absolute atomic E-state index is 0.436. The predicted molar refractivity (Wildman–Crippen MR) is 85.5 cm³/mol. The molecule has 1 aliphatic heterocycles. The zero-order chi connectivity index (χ0) is 13.9. The van der Waals surface area contributed by atoms with E-state index in [1.165, 1.54) is 23.1 Å². The van der Waals surface area contributed by atoms with Gasteiger partial charge in [-0.25, -0.2) is 9.97 Å². The molecule has 2 N–H and O–H groups in total. The Morgan fingerprint density at radius 2 is 2.40 bits per heavy atom. The summed E-state index contributed by atoms with van der Waals surface area (Å²) in [7, 11) is 0. The van der Waals surface area contributed by atoms with Gasteiger partial charge in [-0.2, -0.15) is 0 Å². The number of nitrogens with zero attached hydrogens (tertiary/aromatic N) is 2. The smallest absolute Gasteiger partial charge is 0.138 e. The first-order valence-corrected chi connectivity index (χ1v) is 8.30. The lowest BCUT2D eigenvalue weighted by molar-refractivity contribution is 0.347. The van der Waals surface area contributed by atoms with Gasteiger partial charge < -0.3 is 10.6 Å². The average molecular weight is 290 g/mol. The van der Waals surface area contributed by atoms with Gasteiger partial charge in [0.25, 0.3) is 0 Å². The Kier molecular flexibility index (Phi) is 4.17. The molecular weight excluding hydrogens is 268 g/mol. The Hall–Kier alpha value is -1.20. The lowest BCUT2D eigenvalue weighted by atomic mass is 9.93. The summed E-state index contributed by atoms with van der Waals surface area (Å²) in [6, 6.07) is 2.67. The maximum Gasteiger partial charge on any atom is 0.138 e. The molecule has 1 fully saturated rings. The van der Waals surface area contributed by atoms with E-state index in [4.69, 9.17) is 0 Å². The molecule has 20 heavy (non-hydrogen) atoms. The van der Waals surface area contributed by atoms with Crippen LogP contribution in [0.1, 0.15) is 31.6 Å². The number of rotatable bonds is 4. The van der Waals surface area contributed by atoms with Crippen molar-refractivity contribution in [1.29, 1.82) is 0 Å². The zero-order valence-electron chi connectivity index (χ0n) is 12.1. The second-order valence-corrected chi connectivity index (χ2v) is 6.66. The lowest BCUT2D eigenvalue weighted by Gasteiger charge is -2.29. The minimum atomic E-state index is 0.436. The Morgan fingerprint density at radius 1 is 1.50 bits per heavy atom. The molecule has 0 saturated carbocycles. The molecule has 2 aromatic heterocycles. The average Bonchev–Trinajstić information content (AvgIpc) is 2.92. The van der Waals surface area contributed by atoms with Crippen molar-refractivity contribution in [2.75, 3.05) is 18.4 Å². The van der Waals surface area contributed by atoms with Crippen LogP contribution in [0.2, 0.25) is 0 Å². The highest BCUT2D eigenvalue weighted by atomic mass is 32.1. The first-order valence-electron chi connectivity index (χ1n) is 7.48. The standard InChI is InChI=1S/C15H22N4S/c1-3-12-7-13-14(17-9-18-15(13)20-12)19-10(2)11-5-4-6-16-8-11/h7,9-11,16H,3-6,8H2,1-2H3,(H,17,18,19).